The van der Waals surface area contributed by atoms with Crippen molar-refractivity contribution < 1.29 is 9.13 Å². The van der Waals surface area contributed by atoms with Crippen molar-refractivity contribution in [1.29, 1.82) is 5.41 Å². The topological polar surface area (TPSA) is 85.1 Å². The molecular weight excluding hydrogens is 419 g/mol. The predicted molar refractivity (Wildman–Crippen MR) is 133 cm³/mol. The largest absolute Gasteiger partial charge is 0.486 e. The molecule has 0 fully saturated rings. The quantitative estimate of drug-likeness (QED) is 0.548. The van der Waals surface area contributed by atoms with Gasteiger partial charge < -0.3 is 20.3 Å². The fraction of sp³-hybridized carbons (Fsp3) is 0.320. The Morgan fingerprint density at radius 3 is 2.61 bits per heavy atom. The molecule has 0 amide bonds. The molecule has 0 aliphatic carbocycles. The van der Waals surface area contributed by atoms with Crippen molar-refractivity contribution in [3.63, 3.8) is 0 Å². The zero-order chi connectivity index (χ0) is 24.0. The molecule has 1 unspecified atom stereocenters. The molecule has 1 atom stereocenters. The minimum atomic E-state index is -0.423. The Kier molecular flexibility index (Phi) is 7.95. The van der Waals surface area contributed by atoms with E-state index in [0.29, 0.717) is 47.1 Å². The highest BCUT2D eigenvalue weighted by Gasteiger charge is 2.23. The van der Waals surface area contributed by atoms with Gasteiger partial charge in [0.2, 0.25) is 0 Å². The monoisotopic (exact) mass is 450 g/mol. The van der Waals surface area contributed by atoms with Crippen LogP contribution in [0.25, 0.3) is 0 Å². The van der Waals surface area contributed by atoms with E-state index in [1.807, 2.05) is 65.3 Å². The van der Waals surface area contributed by atoms with Crippen LogP contribution in [0.4, 0.5) is 10.1 Å². The first-order valence-corrected chi connectivity index (χ1v) is 10.8. The van der Waals surface area contributed by atoms with Crippen LogP contribution in [-0.4, -0.2) is 49.8 Å². The molecule has 33 heavy (non-hydrogen) atoms. The average Bonchev–Trinajstić information content (AvgIpc) is 2.77. The van der Waals surface area contributed by atoms with Gasteiger partial charge in [0.15, 0.2) is 5.84 Å². The summed E-state index contributed by atoms with van der Waals surface area (Å²) in [7, 11) is 5.54. The molecule has 8 heteroatoms. The fourth-order valence-corrected chi connectivity index (χ4v) is 3.67. The first kappa shape index (κ1) is 24.1. The van der Waals surface area contributed by atoms with E-state index in [2.05, 4.69) is 20.8 Å². The molecule has 3 N–H and O–H groups in total. The number of nitrogens with one attached hydrogen (secondary N) is 3. The van der Waals surface area contributed by atoms with Crippen LogP contribution in [0.3, 0.4) is 0 Å². The van der Waals surface area contributed by atoms with Gasteiger partial charge in [-0.1, -0.05) is 24.3 Å². The third-order valence-corrected chi connectivity index (χ3v) is 5.28. The third kappa shape index (κ3) is 5.84. The van der Waals surface area contributed by atoms with Crippen LogP contribution < -0.4 is 15.4 Å². The molecule has 0 aromatic heterocycles. The molecule has 3 rings (SSSR count). The van der Waals surface area contributed by atoms with Crippen molar-refractivity contribution in [2.75, 3.05) is 33.0 Å². The van der Waals surface area contributed by atoms with Crippen molar-refractivity contribution in [3.8, 4) is 5.75 Å². The molecule has 174 valence electrons. The van der Waals surface area contributed by atoms with E-state index in [1.54, 1.807) is 17.0 Å². The standard InChI is InChI=1S/C25H31FN6O/c1-16(23-17(2)30-31-25(24(23)27)32(4)5)29-18-9-8-10-19(15-18)33-22(13-14-28-3)20-11-6-7-12-21(20)26/h6-12,15,22,27-29H,13-14H2,1-5H3/b23-16-,27-24?. The Morgan fingerprint density at radius 1 is 1.15 bits per heavy atom. The van der Waals surface area contributed by atoms with E-state index < -0.39 is 6.10 Å². The van der Waals surface area contributed by atoms with Crippen LogP contribution in [0.15, 0.2) is 70.0 Å². The lowest BCUT2D eigenvalue weighted by atomic mass is 10.0. The Bertz CT molecular complexity index is 1110. The van der Waals surface area contributed by atoms with Crippen LogP contribution >= 0.6 is 0 Å². The van der Waals surface area contributed by atoms with Gasteiger partial charge in [-0.3, -0.25) is 5.41 Å². The van der Waals surface area contributed by atoms with Gasteiger partial charge >= 0.3 is 0 Å². The Morgan fingerprint density at radius 2 is 1.91 bits per heavy atom. The summed E-state index contributed by atoms with van der Waals surface area (Å²) in [5.74, 6) is 0.852. The van der Waals surface area contributed by atoms with E-state index in [-0.39, 0.29) is 5.82 Å². The van der Waals surface area contributed by atoms with Gasteiger partial charge in [-0.25, -0.2) is 4.39 Å². The van der Waals surface area contributed by atoms with Crippen LogP contribution in [0.5, 0.6) is 5.75 Å². The van der Waals surface area contributed by atoms with Gasteiger partial charge in [0, 0.05) is 49.1 Å². The SMILES string of the molecule is CNCCC(Oc1cccc(N/C(C)=C2\C(=N)C(N(C)C)=NN=C2C)c1)c1ccccc1F. The number of hydrogen-bond acceptors (Lipinski definition) is 7. The maximum atomic E-state index is 14.4. The van der Waals surface area contributed by atoms with E-state index in [1.165, 1.54) is 6.07 Å². The third-order valence-electron chi connectivity index (χ3n) is 5.28. The molecule has 1 aliphatic rings. The van der Waals surface area contributed by atoms with Gasteiger partial charge in [-0.05, 0) is 45.6 Å². The summed E-state index contributed by atoms with van der Waals surface area (Å²) < 4.78 is 20.6. The highest BCUT2D eigenvalue weighted by Crippen LogP contribution is 2.29. The first-order valence-electron chi connectivity index (χ1n) is 10.8. The fourth-order valence-electron chi connectivity index (χ4n) is 3.67. The van der Waals surface area contributed by atoms with Gasteiger partial charge in [-0.2, -0.15) is 5.10 Å². The summed E-state index contributed by atoms with van der Waals surface area (Å²) >= 11 is 0. The summed E-state index contributed by atoms with van der Waals surface area (Å²) in [4.78, 5) is 1.77. The summed E-state index contributed by atoms with van der Waals surface area (Å²) in [5.41, 5.74) is 3.81. The molecule has 1 heterocycles. The number of hydrogen-bond donors (Lipinski definition) is 3. The Hall–Kier alpha value is -3.52. The number of halogens is 1. The summed E-state index contributed by atoms with van der Waals surface area (Å²) in [6.07, 6.45) is 0.200. The van der Waals surface area contributed by atoms with Gasteiger partial charge in [-0.15, -0.1) is 5.10 Å². The lowest BCUT2D eigenvalue weighted by Crippen LogP contribution is -2.35. The maximum Gasteiger partial charge on any atom is 0.176 e. The number of allylic oxidation sites excluding steroid dienone is 1. The summed E-state index contributed by atoms with van der Waals surface area (Å²) in [6, 6.07) is 14.2. The Labute approximate surface area is 194 Å². The Balaban J connectivity index is 1.84. The van der Waals surface area contributed by atoms with E-state index >= 15 is 0 Å². The first-order chi connectivity index (χ1) is 15.8. The van der Waals surface area contributed by atoms with E-state index in [0.717, 1.165) is 11.4 Å². The highest BCUT2D eigenvalue weighted by atomic mass is 19.1. The number of amidine groups is 1. The van der Waals surface area contributed by atoms with Crippen molar-refractivity contribution in [3.05, 3.63) is 71.2 Å². The second kappa shape index (κ2) is 10.9. The minimum absolute atomic E-state index is 0.280. The average molecular weight is 451 g/mol. The number of rotatable bonds is 8. The van der Waals surface area contributed by atoms with Crippen molar-refractivity contribution in [1.82, 2.24) is 10.2 Å². The number of ether oxygens (including phenoxy) is 1. The lowest BCUT2D eigenvalue weighted by molar-refractivity contribution is 0.190. The maximum absolute atomic E-state index is 14.4. The van der Waals surface area contributed by atoms with Crippen LogP contribution in [0.2, 0.25) is 0 Å². The second-order valence-electron chi connectivity index (χ2n) is 8.05. The minimum Gasteiger partial charge on any atom is -0.486 e. The van der Waals surface area contributed by atoms with Gasteiger partial charge in [0.25, 0.3) is 0 Å². The zero-order valence-electron chi connectivity index (χ0n) is 19.7. The van der Waals surface area contributed by atoms with Gasteiger partial charge in [0.1, 0.15) is 23.4 Å². The highest BCUT2D eigenvalue weighted by molar-refractivity contribution is 6.53. The van der Waals surface area contributed by atoms with E-state index in [4.69, 9.17) is 10.1 Å². The summed E-state index contributed by atoms with van der Waals surface area (Å²) in [5, 5.41) is 23.4. The normalized spacial score (nSPS) is 16.0. The second-order valence-corrected chi connectivity index (χ2v) is 8.05. The van der Waals surface area contributed by atoms with Crippen LogP contribution in [-0.2, 0) is 0 Å². The van der Waals surface area contributed by atoms with Crippen molar-refractivity contribution in [2.24, 2.45) is 10.2 Å². The molecule has 0 spiro atoms. The molecular formula is C25H31FN6O. The molecule has 2 aromatic rings. The number of benzene rings is 2. The predicted octanol–water partition coefficient (Wildman–Crippen LogP) is 4.61. The molecule has 0 radical (unpaired) electrons. The summed E-state index contributed by atoms with van der Waals surface area (Å²) in [6.45, 7) is 4.44. The molecule has 2 aromatic carbocycles. The lowest BCUT2D eigenvalue weighted by Gasteiger charge is -2.23. The van der Waals surface area contributed by atoms with Crippen LogP contribution in [0, 0.1) is 11.2 Å². The number of anilines is 1. The van der Waals surface area contributed by atoms with Crippen LogP contribution in [0.1, 0.15) is 31.9 Å². The molecule has 0 saturated carbocycles. The van der Waals surface area contributed by atoms with Crippen molar-refractivity contribution >= 4 is 22.9 Å². The molecule has 0 saturated heterocycles. The molecule has 7 nitrogen and oxygen atoms in total. The smallest absolute Gasteiger partial charge is 0.176 e. The molecule has 1 aliphatic heterocycles. The zero-order valence-corrected chi connectivity index (χ0v) is 19.7. The van der Waals surface area contributed by atoms with E-state index in [9.17, 15) is 4.39 Å². The van der Waals surface area contributed by atoms with Gasteiger partial charge in [0.05, 0.1) is 5.71 Å². The van der Waals surface area contributed by atoms with Crippen molar-refractivity contribution in [2.45, 2.75) is 26.4 Å². The number of nitrogens with zero attached hydrogens (tertiary/aromatic N) is 3. The molecule has 0 bridgehead atoms.